The Bertz CT molecular complexity index is 2630. The van der Waals surface area contributed by atoms with Crippen molar-refractivity contribution in [2.24, 2.45) is 0 Å². The minimum absolute atomic E-state index is 0.726. The van der Waals surface area contributed by atoms with Crippen LogP contribution in [0.25, 0.3) is 0 Å². The highest BCUT2D eigenvalue weighted by molar-refractivity contribution is 5.31. The van der Waals surface area contributed by atoms with Crippen LogP contribution in [0.5, 0.6) is 17.2 Å². The SMILES string of the molecule is CCCCc1cccc(CCCC)c1.CCCCc1cccc(CNC)c1.CCCOc1cccc(CNC)c1.CCCc1cccc(CCCNC)c1.CCCc1cccc(OCCNC)c1.CCc1cccc(CCCNC)c1.CCc1cccc(OCCNC)c1. The molecule has 522 valence electrons. The Morgan fingerprint density at radius 3 is 0.840 bits per heavy atom. The molecule has 9 nitrogen and oxygen atoms in total. The number of benzene rings is 7. The zero-order valence-corrected chi connectivity index (χ0v) is 61.9. The summed E-state index contributed by atoms with van der Waals surface area (Å²) in [5.41, 5.74) is 15.7. The zero-order valence-electron chi connectivity index (χ0n) is 61.9. The van der Waals surface area contributed by atoms with E-state index in [0.717, 1.165) is 102 Å². The standard InChI is InChI=1S/C14H22.C13H21N.C12H19NO.2C12H19N.2C11H17NO/c1-3-5-8-13-10-7-11-14(12-13)9-6-4-2;1-3-6-12-7-4-8-13(11-12)9-5-10-14-2;1-3-5-11-6-4-7-12(10-11)14-9-8-13-2;1-3-11-6-4-7-12(10-11)8-5-9-13-2;1-3-4-6-11-7-5-8-12(9-11)10-13-2;1-3-10-5-4-6-11(9-10)13-8-7-12-2;1-3-7-13-11-6-4-5-10(8-11)9-12-2/h7,10-12H,3-6,8-9H2,1-2H3;4,7-8,11,14H,3,5-6,9-10H2,1-2H3;4,6-7,10,13H,3,5,8-9H2,1-2H3;4,6-7,10,13H,3,5,8-9H2,1-2H3;5,7-9,13H,3-4,6,10H2,1-2H3;4-6,9,12H,3,7-8H2,1-2H3;4-6,8,12H,3,7,9H2,1-2H3. The Labute approximate surface area is 576 Å². The normalized spacial score (nSPS) is 10.2. The third-order valence-corrected chi connectivity index (χ3v) is 15.3. The predicted octanol–water partition coefficient (Wildman–Crippen LogP) is 18.6. The first kappa shape index (κ1) is 85.7. The van der Waals surface area contributed by atoms with Gasteiger partial charge >= 0.3 is 0 Å². The van der Waals surface area contributed by atoms with E-state index in [2.05, 4.69) is 227 Å². The Balaban J connectivity index is 0.000000548. The molecule has 94 heavy (non-hydrogen) atoms. The second kappa shape index (κ2) is 61.6. The first-order valence-electron chi connectivity index (χ1n) is 36.4. The van der Waals surface area contributed by atoms with Crippen LogP contribution in [0, 0.1) is 0 Å². The van der Waals surface area contributed by atoms with Crippen LogP contribution in [-0.4, -0.2) is 88.3 Å². The van der Waals surface area contributed by atoms with E-state index in [4.69, 9.17) is 14.2 Å². The van der Waals surface area contributed by atoms with Gasteiger partial charge in [0.25, 0.3) is 0 Å². The van der Waals surface area contributed by atoms with E-state index in [0.29, 0.717) is 0 Å². The highest BCUT2D eigenvalue weighted by Gasteiger charge is 2.01. The summed E-state index contributed by atoms with van der Waals surface area (Å²) in [5, 5.41) is 18.7. The van der Waals surface area contributed by atoms with Gasteiger partial charge in [0.15, 0.2) is 0 Å². The third-order valence-electron chi connectivity index (χ3n) is 15.3. The summed E-state index contributed by atoms with van der Waals surface area (Å²) < 4.78 is 16.6. The Kier molecular flexibility index (Phi) is 56.1. The molecule has 7 aromatic rings. The molecule has 9 heteroatoms. The number of rotatable bonds is 38. The largest absolute Gasteiger partial charge is 0.494 e. The highest BCUT2D eigenvalue weighted by atomic mass is 16.5. The van der Waals surface area contributed by atoms with Gasteiger partial charge < -0.3 is 46.1 Å². The first-order chi connectivity index (χ1) is 46.0. The molecule has 0 saturated heterocycles. The van der Waals surface area contributed by atoms with E-state index in [1.165, 1.54) is 164 Å². The molecule has 0 aliphatic carbocycles. The van der Waals surface area contributed by atoms with Crippen molar-refractivity contribution in [3.8, 4) is 17.2 Å². The van der Waals surface area contributed by atoms with E-state index in [-0.39, 0.29) is 0 Å². The van der Waals surface area contributed by atoms with Crippen LogP contribution in [0.15, 0.2) is 170 Å². The average molecular weight is 1290 g/mol. The van der Waals surface area contributed by atoms with E-state index >= 15 is 0 Å². The van der Waals surface area contributed by atoms with Crippen molar-refractivity contribution in [3.05, 3.63) is 231 Å². The van der Waals surface area contributed by atoms with Gasteiger partial charge in [0.1, 0.15) is 30.5 Å². The Hall–Kier alpha value is -6.30. The number of hydrogen-bond acceptors (Lipinski definition) is 9. The van der Waals surface area contributed by atoms with Gasteiger partial charge in [-0.05, 0) is 249 Å². The second-order valence-electron chi connectivity index (χ2n) is 24.0. The molecular weight excluding hydrogens is 1150 g/mol. The van der Waals surface area contributed by atoms with Crippen molar-refractivity contribution < 1.29 is 14.2 Å². The lowest BCUT2D eigenvalue weighted by atomic mass is 10.0. The summed E-state index contributed by atoms with van der Waals surface area (Å²) in [6, 6.07) is 60.6. The van der Waals surface area contributed by atoms with Crippen molar-refractivity contribution in [2.75, 3.05) is 88.3 Å². The highest BCUT2D eigenvalue weighted by Crippen LogP contribution is 2.17. The number of unbranched alkanes of at least 4 members (excludes halogenated alkanes) is 3. The van der Waals surface area contributed by atoms with Crippen molar-refractivity contribution in [1.82, 2.24) is 31.9 Å². The molecule has 0 bridgehead atoms. The zero-order chi connectivity index (χ0) is 68.8. The maximum absolute atomic E-state index is 5.57. The van der Waals surface area contributed by atoms with E-state index in [9.17, 15) is 0 Å². The monoisotopic (exact) mass is 1290 g/mol. The van der Waals surface area contributed by atoms with Gasteiger partial charge in [-0.2, -0.15) is 0 Å². The van der Waals surface area contributed by atoms with E-state index in [1.54, 1.807) is 0 Å². The lowest BCUT2D eigenvalue weighted by molar-refractivity contribution is 0.317. The summed E-state index contributed by atoms with van der Waals surface area (Å²) in [5.74, 6) is 2.91. The first-order valence-corrected chi connectivity index (χ1v) is 36.4. The lowest BCUT2D eigenvalue weighted by Gasteiger charge is -2.07. The number of nitrogens with one attached hydrogen (secondary N) is 6. The lowest BCUT2D eigenvalue weighted by Crippen LogP contribution is -2.15. The molecule has 0 aliphatic rings. The maximum atomic E-state index is 5.57. The number of likely N-dealkylation sites (N-methyl/N-ethyl adjacent to an activating group) is 2. The van der Waals surface area contributed by atoms with Gasteiger partial charge in [-0.25, -0.2) is 0 Å². The molecule has 0 atom stereocenters. The van der Waals surface area contributed by atoms with Crippen molar-refractivity contribution in [1.29, 1.82) is 0 Å². The van der Waals surface area contributed by atoms with Crippen LogP contribution in [0.3, 0.4) is 0 Å². The fraction of sp³-hybridized carbons (Fsp3) is 0.506. The summed E-state index contributed by atoms with van der Waals surface area (Å²) >= 11 is 0. The Morgan fingerprint density at radius 1 is 0.234 bits per heavy atom. The smallest absolute Gasteiger partial charge is 0.119 e. The number of aryl methyl sites for hydroxylation is 9. The summed E-state index contributed by atoms with van der Waals surface area (Å²) in [6.45, 7) is 25.7. The van der Waals surface area contributed by atoms with Gasteiger partial charge in [0, 0.05) is 26.2 Å². The molecule has 7 aromatic carbocycles. The molecule has 0 heterocycles. The minimum Gasteiger partial charge on any atom is -0.494 e. The van der Waals surface area contributed by atoms with E-state index < -0.39 is 0 Å². The van der Waals surface area contributed by atoms with Crippen LogP contribution >= 0.6 is 0 Å². The molecule has 0 aliphatic heterocycles. The predicted molar refractivity (Wildman–Crippen MR) is 412 cm³/mol. The fourth-order valence-electron chi connectivity index (χ4n) is 10.0. The molecule has 0 unspecified atom stereocenters. The molecule has 0 aromatic heterocycles. The summed E-state index contributed by atoms with van der Waals surface area (Å²) in [7, 11) is 11.8. The van der Waals surface area contributed by atoms with E-state index in [1.807, 2.05) is 72.6 Å². The molecule has 0 spiro atoms. The maximum Gasteiger partial charge on any atom is 0.119 e. The quantitative estimate of drug-likeness (QED) is 0.0211. The molecular formula is C85H134N6O3. The van der Waals surface area contributed by atoms with Gasteiger partial charge in [-0.15, -0.1) is 0 Å². The molecule has 0 radical (unpaired) electrons. The molecule has 0 amide bonds. The van der Waals surface area contributed by atoms with Crippen LogP contribution in [-0.2, 0) is 70.9 Å². The summed E-state index contributed by atoms with van der Waals surface area (Å²) in [4.78, 5) is 0. The topological polar surface area (TPSA) is 99.9 Å². The van der Waals surface area contributed by atoms with Gasteiger partial charge in [-0.1, -0.05) is 221 Å². The Morgan fingerprint density at radius 2 is 0.500 bits per heavy atom. The number of ether oxygens (including phenoxy) is 3. The average Bonchev–Trinajstić information content (AvgIpc) is 3.79. The molecule has 0 fully saturated rings. The van der Waals surface area contributed by atoms with Crippen LogP contribution in [0.1, 0.15) is 187 Å². The molecule has 7 rings (SSSR count). The van der Waals surface area contributed by atoms with Gasteiger partial charge in [-0.3, -0.25) is 0 Å². The minimum atomic E-state index is 0.726. The van der Waals surface area contributed by atoms with Gasteiger partial charge in [0.05, 0.1) is 6.61 Å². The van der Waals surface area contributed by atoms with Crippen molar-refractivity contribution >= 4 is 0 Å². The second-order valence-corrected chi connectivity index (χ2v) is 24.0. The molecule has 0 saturated carbocycles. The third kappa shape index (κ3) is 45.9. The summed E-state index contributed by atoms with van der Waals surface area (Å²) in [6.07, 6.45) is 24.3. The van der Waals surface area contributed by atoms with Crippen LogP contribution in [0.4, 0.5) is 0 Å². The number of hydrogen-bond donors (Lipinski definition) is 6. The van der Waals surface area contributed by atoms with Gasteiger partial charge in [0.2, 0.25) is 0 Å². The van der Waals surface area contributed by atoms with Crippen LogP contribution < -0.4 is 46.1 Å². The van der Waals surface area contributed by atoms with Crippen molar-refractivity contribution in [2.45, 2.75) is 197 Å². The van der Waals surface area contributed by atoms with Crippen molar-refractivity contribution in [3.63, 3.8) is 0 Å². The van der Waals surface area contributed by atoms with Crippen LogP contribution in [0.2, 0.25) is 0 Å². The fourth-order valence-corrected chi connectivity index (χ4v) is 10.0. The molecule has 6 N–H and O–H groups in total.